The fourth-order valence-electron chi connectivity index (χ4n) is 3.16. The van der Waals surface area contributed by atoms with Crippen LogP contribution >= 0.6 is 0 Å². The van der Waals surface area contributed by atoms with Crippen LogP contribution in [0.2, 0.25) is 0 Å². The highest BCUT2D eigenvalue weighted by Crippen LogP contribution is 2.29. The summed E-state index contributed by atoms with van der Waals surface area (Å²) in [7, 11) is 0. The van der Waals surface area contributed by atoms with Gasteiger partial charge in [-0.25, -0.2) is 14.4 Å². The second kappa shape index (κ2) is 7.67. The van der Waals surface area contributed by atoms with E-state index in [0.717, 1.165) is 12.1 Å². The Balaban J connectivity index is 1.51. The van der Waals surface area contributed by atoms with Gasteiger partial charge < -0.3 is 9.64 Å². The molecule has 1 saturated heterocycles. The summed E-state index contributed by atoms with van der Waals surface area (Å²) in [5.74, 6) is 0.334. The molecule has 0 saturated carbocycles. The van der Waals surface area contributed by atoms with Crippen molar-refractivity contribution in [3.8, 4) is 11.6 Å². The van der Waals surface area contributed by atoms with Gasteiger partial charge in [-0.1, -0.05) is 12.1 Å². The summed E-state index contributed by atoms with van der Waals surface area (Å²) in [6.07, 6.45) is 5.21. The average Bonchev–Trinajstić information content (AvgIpc) is 3.20. The summed E-state index contributed by atoms with van der Waals surface area (Å²) in [5, 5.41) is 0. The van der Waals surface area contributed by atoms with E-state index in [1.165, 1.54) is 24.7 Å². The molecule has 4 rings (SSSR count). The molecule has 1 amide bonds. The van der Waals surface area contributed by atoms with Crippen LogP contribution in [0.1, 0.15) is 34.3 Å². The second-order valence-electron chi connectivity index (χ2n) is 6.57. The van der Waals surface area contributed by atoms with Crippen LogP contribution in [0, 0.1) is 12.7 Å². The SMILES string of the molecule is Cc1cc(Oc2ccccc2F)nc([C@H]2CCN(C(=O)c3cnccn3)C2)n1. The third-order valence-electron chi connectivity index (χ3n) is 4.52. The Hall–Kier alpha value is -3.42. The van der Waals surface area contributed by atoms with Gasteiger partial charge >= 0.3 is 0 Å². The molecule has 8 heteroatoms. The molecule has 0 N–H and O–H groups in total. The predicted molar refractivity (Wildman–Crippen MR) is 98.5 cm³/mol. The number of aromatic nitrogens is 4. The van der Waals surface area contributed by atoms with Crippen LogP contribution < -0.4 is 4.74 Å². The van der Waals surface area contributed by atoms with Crippen molar-refractivity contribution in [2.24, 2.45) is 0 Å². The first-order valence-electron chi connectivity index (χ1n) is 8.93. The lowest BCUT2D eigenvalue weighted by Crippen LogP contribution is -2.29. The van der Waals surface area contributed by atoms with E-state index in [4.69, 9.17) is 4.74 Å². The molecule has 0 radical (unpaired) electrons. The van der Waals surface area contributed by atoms with Crippen LogP contribution in [0.4, 0.5) is 4.39 Å². The van der Waals surface area contributed by atoms with Crippen LogP contribution in [0.5, 0.6) is 11.6 Å². The largest absolute Gasteiger partial charge is 0.436 e. The van der Waals surface area contributed by atoms with E-state index in [1.54, 1.807) is 29.2 Å². The molecule has 3 heterocycles. The van der Waals surface area contributed by atoms with E-state index < -0.39 is 5.82 Å². The summed E-state index contributed by atoms with van der Waals surface area (Å²) in [4.78, 5) is 31.2. The lowest BCUT2D eigenvalue weighted by atomic mass is 10.1. The number of nitrogens with zero attached hydrogens (tertiary/aromatic N) is 5. The van der Waals surface area contributed by atoms with Gasteiger partial charge in [0.15, 0.2) is 11.6 Å². The van der Waals surface area contributed by atoms with Crippen LogP contribution in [-0.2, 0) is 0 Å². The minimum absolute atomic E-state index is 0.0245. The molecule has 7 nitrogen and oxygen atoms in total. The zero-order valence-electron chi connectivity index (χ0n) is 15.2. The number of hydrogen-bond donors (Lipinski definition) is 0. The van der Waals surface area contributed by atoms with Gasteiger partial charge in [-0.05, 0) is 25.5 Å². The summed E-state index contributed by atoms with van der Waals surface area (Å²) in [6.45, 7) is 2.90. The quantitative estimate of drug-likeness (QED) is 0.693. The number of benzene rings is 1. The number of rotatable bonds is 4. The van der Waals surface area contributed by atoms with Gasteiger partial charge in [-0.3, -0.25) is 9.78 Å². The molecule has 0 spiro atoms. The molecule has 28 heavy (non-hydrogen) atoms. The molecule has 2 aromatic heterocycles. The fraction of sp³-hybridized carbons (Fsp3) is 0.250. The molecule has 1 aliphatic rings. The van der Waals surface area contributed by atoms with Gasteiger partial charge in [0.05, 0.1) is 6.20 Å². The molecule has 0 unspecified atom stereocenters. The fourth-order valence-corrected chi connectivity index (χ4v) is 3.16. The second-order valence-corrected chi connectivity index (χ2v) is 6.57. The van der Waals surface area contributed by atoms with Crippen molar-refractivity contribution in [1.82, 2.24) is 24.8 Å². The Morgan fingerprint density at radius 3 is 2.89 bits per heavy atom. The molecular weight excluding hydrogens is 361 g/mol. The monoisotopic (exact) mass is 379 g/mol. The average molecular weight is 379 g/mol. The van der Waals surface area contributed by atoms with Gasteiger partial charge in [0.25, 0.3) is 5.91 Å². The summed E-state index contributed by atoms with van der Waals surface area (Å²) < 4.78 is 19.5. The molecule has 1 atom stereocenters. The van der Waals surface area contributed by atoms with Crippen molar-refractivity contribution in [3.63, 3.8) is 0 Å². The van der Waals surface area contributed by atoms with Crippen LogP contribution in [0.3, 0.4) is 0 Å². The van der Waals surface area contributed by atoms with Crippen LogP contribution in [-0.4, -0.2) is 43.8 Å². The number of para-hydroxylation sites is 1. The van der Waals surface area contributed by atoms with Gasteiger partial charge in [0, 0.05) is 43.2 Å². The maximum Gasteiger partial charge on any atom is 0.274 e. The highest BCUT2D eigenvalue weighted by Gasteiger charge is 2.30. The first-order valence-corrected chi connectivity index (χ1v) is 8.93. The Bertz CT molecular complexity index is 999. The number of halogens is 1. The topological polar surface area (TPSA) is 81.1 Å². The van der Waals surface area contributed by atoms with E-state index in [9.17, 15) is 9.18 Å². The summed E-state index contributed by atoms with van der Waals surface area (Å²) in [6, 6.07) is 7.83. The first kappa shape index (κ1) is 18.0. The minimum atomic E-state index is -0.457. The minimum Gasteiger partial charge on any atom is -0.436 e. The Labute approximate surface area is 161 Å². The van der Waals surface area contributed by atoms with Crippen LogP contribution in [0.25, 0.3) is 0 Å². The molecule has 1 aliphatic heterocycles. The number of hydrogen-bond acceptors (Lipinski definition) is 6. The molecule has 1 aromatic carbocycles. The Morgan fingerprint density at radius 2 is 2.11 bits per heavy atom. The number of carbonyl (C=O) groups excluding carboxylic acids is 1. The molecule has 142 valence electrons. The van der Waals surface area contributed by atoms with Gasteiger partial charge in [-0.15, -0.1) is 0 Å². The lowest BCUT2D eigenvalue weighted by Gasteiger charge is -2.16. The number of ether oxygens (including phenoxy) is 1. The van der Waals surface area contributed by atoms with Gasteiger partial charge in [0.2, 0.25) is 5.88 Å². The highest BCUT2D eigenvalue weighted by molar-refractivity contribution is 5.92. The Kier molecular flexibility index (Phi) is 4.92. The number of aryl methyl sites for hydroxylation is 1. The van der Waals surface area contributed by atoms with E-state index >= 15 is 0 Å². The van der Waals surface area contributed by atoms with Crippen molar-refractivity contribution in [1.29, 1.82) is 0 Å². The molecule has 3 aromatic rings. The van der Waals surface area contributed by atoms with Crippen molar-refractivity contribution >= 4 is 5.91 Å². The number of carbonyl (C=O) groups is 1. The summed E-state index contributed by atoms with van der Waals surface area (Å²) in [5.41, 5.74) is 1.03. The van der Waals surface area contributed by atoms with E-state index in [2.05, 4.69) is 19.9 Å². The van der Waals surface area contributed by atoms with E-state index in [-0.39, 0.29) is 23.5 Å². The van der Waals surface area contributed by atoms with Crippen molar-refractivity contribution in [2.75, 3.05) is 13.1 Å². The maximum absolute atomic E-state index is 13.9. The highest BCUT2D eigenvalue weighted by atomic mass is 19.1. The maximum atomic E-state index is 13.9. The summed E-state index contributed by atoms with van der Waals surface area (Å²) >= 11 is 0. The standard InChI is InChI=1S/C20H18FN5O2/c1-13-10-18(28-17-5-3-2-4-15(17)21)25-19(24-13)14-6-9-26(12-14)20(27)16-11-22-7-8-23-16/h2-5,7-8,10-11,14H,6,9,12H2,1H3/t14-/m0/s1. The smallest absolute Gasteiger partial charge is 0.274 e. The zero-order chi connectivity index (χ0) is 19.5. The molecule has 0 aliphatic carbocycles. The third kappa shape index (κ3) is 3.80. The third-order valence-corrected chi connectivity index (χ3v) is 4.52. The van der Waals surface area contributed by atoms with E-state index in [1.807, 2.05) is 6.92 Å². The first-order chi connectivity index (χ1) is 13.6. The molecule has 1 fully saturated rings. The predicted octanol–water partition coefficient (Wildman–Crippen LogP) is 3.14. The van der Waals surface area contributed by atoms with Gasteiger partial charge in [0.1, 0.15) is 11.5 Å². The van der Waals surface area contributed by atoms with Crippen LogP contribution in [0.15, 0.2) is 48.9 Å². The lowest BCUT2D eigenvalue weighted by molar-refractivity contribution is 0.0784. The van der Waals surface area contributed by atoms with Crippen molar-refractivity contribution in [2.45, 2.75) is 19.3 Å². The van der Waals surface area contributed by atoms with E-state index in [0.29, 0.717) is 24.6 Å². The number of likely N-dealkylation sites (tertiary alicyclic amines) is 1. The Morgan fingerprint density at radius 1 is 1.25 bits per heavy atom. The van der Waals surface area contributed by atoms with Gasteiger partial charge in [-0.2, -0.15) is 4.98 Å². The molecule has 0 bridgehead atoms. The van der Waals surface area contributed by atoms with Crippen molar-refractivity contribution in [3.05, 3.63) is 72.0 Å². The van der Waals surface area contributed by atoms with Crippen molar-refractivity contribution < 1.29 is 13.9 Å². The zero-order valence-corrected chi connectivity index (χ0v) is 15.2. The normalized spacial score (nSPS) is 16.2. The number of amides is 1. The molecular formula is C20H18FN5O2.